The third-order valence-corrected chi connectivity index (χ3v) is 5.64. The minimum atomic E-state index is -0.101. The van der Waals surface area contributed by atoms with Gasteiger partial charge in [-0.1, -0.05) is 36.8 Å². The number of amides is 1. The fourth-order valence-corrected chi connectivity index (χ4v) is 3.92. The Kier molecular flexibility index (Phi) is 7.67. The molecule has 2 aromatic rings. The van der Waals surface area contributed by atoms with E-state index >= 15 is 0 Å². The Morgan fingerprint density at radius 2 is 1.76 bits per heavy atom. The molecule has 0 saturated carbocycles. The van der Waals surface area contributed by atoms with Crippen LogP contribution in [0.25, 0.3) is 0 Å². The molecule has 29 heavy (non-hydrogen) atoms. The maximum Gasteiger partial charge on any atom is 0.241 e. The van der Waals surface area contributed by atoms with Crippen LogP contribution in [0, 0.1) is 6.92 Å². The molecule has 1 N–H and O–H groups in total. The highest BCUT2D eigenvalue weighted by molar-refractivity contribution is 5.94. The van der Waals surface area contributed by atoms with Crippen molar-refractivity contribution in [1.29, 1.82) is 0 Å². The van der Waals surface area contributed by atoms with Gasteiger partial charge in [0.15, 0.2) is 0 Å². The van der Waals surface area contributed by atoms with Crippen molar-refractivity contribution in [2.45, 2.75) is 39.3 Å². The predicted octanol–water partition coefficient (Wildman–Crippen LogP) is 3.93. The maximum absolute atomic E-state index is 12.9. The molecule has 5 nitrogen and oxygen atoms in total. The van der Waals surface area contributed by atoms with Gasteiger partial charge in [-0.25, -0.2) is 0 Å². The SMILES string of the molecule is CCC(C(=O)Nc1ccc(OC)cc1)N1CCCN(Cc2ccc(C)cc2)CC1. The summed E-state index contributed by atoms with van der Waals surface area (Å²) in [6.07, 6.45) is 1.89. The third kappa shape index (κ3) is 6.05. The van der Waals surface area contributed by atoms with E-state index in [1.807, 2.05) is 24.3 Å². The molecule has 1 atom stereocenters. The van der Waals surface area contributed by atoms with E-state index in [2.05, 4.69) is 53.2 Å². The summed E-state index contributed by atoms with van der Waals surface area (Å²) >= 11 is 0. The zero-order valence-electron chi connectivity index (χ0n) is 17.9. The number of carbonyl (C=O) groups excluding carboxylic acids is 1. The molecule has 1 heterocycles. The van der Waals surface area contributed by atoms with Crippen LogP contribution in [-0.2, 0) is 11.3 Å². The lowest BCUT2D eigenvalue weighted by atomic mass is 10.1. The number of carbonyl (C=O) groups is 1. The second-order valence-electron chi connectivity index (χ2n) is 7.79. The second-order valence-corrected chi connectivity index (χ2v) is 7.79. The minimum absolute atomic E-state index is 0.0738. The Balaban J connectivity index is 1.56. The molecule has 1 aliphatic rings. The maximum atomic E-state index is 12.9. The number of nitrogens with one attached hydrogen (secondary N) is 1. The number of hydrogen-bond acceptors (Lipinski definition) is 4. The Labute approximate surface area is 174 Å². The van der Waals surface area contributed by atoms with Crippen molar-refractivity contribution in [3.63, 3.8) is 0 Å². The van der Waals surface area contributed by atoms with Crippen LogP contribution < -0.4 is 10.1 Å². The first-order valence-corrected chi connectivity index (χ1v) is 10.6. The van der Waals surface area contributed by atoms with E-state index in [-0.39, 0.29) is 11.9 Å². The molecule has 0 bridgehead atoms. The predicted molar refractivity (Wildman–Crippen MR) is 118 cm³/mol. The molecule has 1 aliphatic heterocycles. The molecule has 2 aromatic carbocycles. The van der Waals surface area contributed by atoms with E-state index in [9.17, 15) is 4.79 Å². The lowest BCUT2D eigenvalue weighted by molar-refractivity contribution is -0.121. The van der Waals surface area contributed by atoms with Crippen LogP contribution in [0.1, 0.15) is 30.9 Å². The normalized spacial score (nSPS) is 16.8. The molecule has 156 valence electrons. The highest BCUT2D eigenvalue weighted by Gasteiger charge is 2.26. The Morgan fingerprint density at radius 1 is 1.03 bits per heavy atom. The van der Waals surface area contributed by atoms with Crippen molar-refractivity contribution in [3.8, 4) is 5.75 Å². The van der Waals surface area contributed by atoms with Gasteiger partial charge in [-0.3, -0.25) is 14.6 Å². The molecule has 1 unspecified atom stereocenters. The molecule has 5 heteroatoms. The lowest BCUT2D eigenvalue weighted by Gasteiger charge is -2.29. The third-order valence-electron chi connectivity index (χ3n) is 5.64. The van der Waals surface area contributed by atoms with Gasteiger partial charge in [-0.2, -0.15) is 0 Å². The highest BCUT2D eigenvalue weighted by Crippen LogP contribution is 2.18. The zero-order valence-corrected chi connectivity index (χ0v) is 17.9. The van der Waals surface area contributed by atoms with Gasteiger partial charge in [-0.05, 0) is 56.1 Å². The van der Waals surface area contributed by atoms with E-state index in [0.717, 1.165) is 57.0 Å². The van der Waals surface area contributed by atoms with Crippen LogP contribution in [-0.4, -0.2) is 55.0 Å². The van der Waals surface area contributed by atoms with E-state index in [1.54, 1.807) is 7.11 Å². The lowest BCUT2D eigenvalue weighted by Crippen LogP contribution is -2.45. The monoisotopic (exact) mass is 395 g/mol. The first-order chi connectivity index (χ1) is 14.1. The number of aryl methyl sites for hydroxylation is 1. The van der Waals surface area contributed by atoms with E-state index in [0.29, 0.717) is 0 Å². The highest BCUT2D eigenvalue weighted by atomic mass is 16.5. The summed E-state index contributed by atoms with van der Waals surface area (Å²) in [5, 5.41) is 3.07. The van der Waals surface area contributed by atoms with Gasteiger partial charge in [-0.15, -0.1) is 0 Å². The number of rotatable bonds is 7. The molecular formula is C24H33N3O2. The van der Waals surface area contributed by atoms with Crippen molar-refractivity contribution in [2.24, 2.45) is 0 Å². The van der Waals surface area contributed by atoms with Crippen LogP contribution >= 0.6 is 0 Å². The fourth-order valence-electron chi connectivity index (χ4n) is 3.92. The van der Waals surface area contributed by atoms with Crippen LogP contribution in [0.15, 0.2) is 48.5 Å². The van der Waals surface area contributed by atoms with Crippen molar-refractivity contribution in [2.75, 3.05) is 38.6 Å². The molecular weight excluding hydrogens is 362 g/mol. The molecule has 1 amide bonds. The van der Waals surface area contributed by atoms with Gasteiger partial charge in [0.2, 0.25) is 5.91 Å². The fraction of sp³-hybridized carbons (Fsp3) is 0.458. The number of benzene rings is 2. The number of ether oxygens (including phenoxy) is 1. The Bertz CT molecular complexity index is 774. The van der Waals surface area contributed by atoms with Gasteiger partial charge < -0.3 is 10.1 Å². The van der Waals surface area contributed by atoms with Crippen LogP contribution in [0.5, 0.6) is 5.75 Å². The number of methoxy groups -OCH3 is 1. The minimum Gasteiger partial charge on any atom is -0.497 e. The summed E-state index contributed by atoms with van der Waals surface area (Å²) < 4.78 is 5.18. The van der Waals surface area contributed by atoms with Crippen LogP contribution in [0.4, 0.5) is 5.69 Å². The molecule has 0 aliphatic carbocycles. The number of hydrogen-bond donors (Lipinski definition) is 1. The van der Waals surface area contributed by atoms with E-state index in [4.69, 9.17) is 4.74 Å². The van der Waals surface area contributed by atoms with Gasteiger partial charge in [0, 0.05) is 31.9 Å². The molecule has 0 aromatic heterocycles. The summed E-state index contributed by atoms with van der Waals surface area (Å²) in [7, 11) is 1.64. The van der Waals surface area contributed by atoms with Crippen molar-refractivity contribution < 1.29 is 9.53 Å². The molecule has 3 rings (SSSR count). The standard InChI is InChI=1S/C24H33N3O2/c1-4-23(24(28)25-21-10-12-22(29-3)13-11-21)27-15-5-14-26(16-17-27)18-20-8-6-19(2)7-9-20/h6-13,23H,4-5,14-18H2,1-3H3,(H,25,28). The largest absolute Gasteiger partial charge is 0.497 e. The summed E-state index contributed by atoms with van der Waals surface area (Å²) in [6.45, 7) is 9.12. The second kappa shape index (κ2) is 10.4. The summed E-state index contributed by atoms with van der Waals surface area (Å²) in [4.78, 5) is 17.8. The summed E-state index contributed by atoms with van der Waals surface area (Å²) in [5.41, 5.74) is 3.46. The molecule has 1 fully saturated rings. The Morgan fingerprint density at radius 3 is 2.41 bits per heavy atom. The average molecular weight is 396 g/mol. The Hall–Kier alpha value is -2.37. The van der Waals surface area contributed by atoms with E-state index in [1.165, 1.54) is 11.1 Å². The molecule has 0 radical (unpaired) electrons. The first-order valence-electron chi connectivity index (χ1n) is 10.6. The van der Waals surface area contributed by atoms with Crippen molar-refractivity contribution >= 4 is 11.6 Å². The summed E-state index contributed by atoms with van der Waals surface area (Å²) in [6, 6.07) is 16.2. The van der Waals surface area contributed by atoms with Crippen LogP contribution in [0.2, 0.25) is 0 Å². The topological polar surface area (TPSA) is 44.8 Å². The van der Waals surface area contributed by atoms with Gasteiger partial charge in [0.1, 0.15) is 5.75 Å². The average Bonchev–Trinajstić information content (AvgIpc) is 2.96. The van der Waals surface area contributed by atoms with Gasteiger partial charge >= 0.3 is 0 Å². The summed E-state index contributed by atoms with van der Waals surface area (Å²) in [5.74, 6) is 0.862. The van der Waals surface area contributed by atoms with E-state index < -0.39 is 0 Å². The van der Waals surface area contributed by atoms with Crippen molar-refractivity contribution in [1.82, 2.24) is 9.80 Å². The molecule has 1 saturated heterocycles. The first kappa shape index (κ1) is 21.3. The number of anilines is 1. The van der Waals surface area contributed by atoms with Gasteiger partial charge in [0.05, 0.1) is 13.2 Å². The molecule has 0 spiro atoms. The van der Waals surface area contributed by atoms with Crippen molar-refractivity contribution in [3.05, 3.63) is 59.7 Å². The smallest absolute Gasteiger partial charge is 0.241 e. The quantitative estimate of drug-likeness (QED) is 0.772. The van der Waals surface area contributed by atoms with Gasteiger partial charge in [0.25, 0.3) is 0 Å². The zero-order chi connectivity index (χ0) is 20.6. The van der Waals surface area contributed by atoms with Crippen LogP contribution in [0.3, 0.4) is 0 Å². The number of nitrogens with zero attached hydrogens (tertiary/aromatic N) is 2.